The van der Waals surface area contributed by atoms with Crippen molar-refractivity contribution in [3.8, 4) is 17.2 Å². The Morgan fingerprint density at radius 3 is 2.33 bits per heavy atom. The molecule has 0 fully saturated rings. The van der Waals surface area contributed by atoms with Gasteiger partial charge in [-0.3, -0.25) is 4.79 Å². The van der Waals surface area contributed by atoms with Crippen LogP contribution in [-0.2, 0) is 24.6 Å². The number of fused-ring (bicyclic) bond motifs is 1. The van der Waals surface area contributed by atoms with Crippen LogP contribution in [0.2, 0.25) is 0 Å². The van der Waals surface area contributed by atoms with Crippen LogP contribution in [0.4, 0.5) is 13.2 Å². The second-order valence-electron chi connectivity index (χ2n) is 10.0. The first-order valence-electron chi connectivity index (χ1n) is 12.4. The SMILES string of the molecule is Cc1cc(Oc2cccc(CNC(=O)c3c(C)c4cc(C(F)(F)F)ccc4n3C)c2)ccc1OC(C)(C)C(=O)O. The fourth-order valence-electron chi connectivity index (χ4n) is 4.37. The molecule has 0 aliphatic heterocycles. The molecule has 4 aromatic rings. The Morgan fingerprint density at radius 2 is 1.68 bits per heavy atom. The molecule has 10 heteroatoms. The highest BCUT2D eigenvalue weighted by molar-refractivity contribution is 6.01. The van der Waals surface area contributed by atoms with Crippen LogP contribution >= 0.6 is 0 Å². The van der Waals surface area contributed by atoms with E-state index < -0.39 is 29.2 Å². The van der Waals surface area contributed by atoms with Gasteiger partial charge in [0.15, 0.2) is 5.60 Å². The molecule has 0 saturated carbocycles. The number of halogens is 3. The van der Waals surface area contributed by atoms with E-state index in [9.17, 15) is 27.9 Å². The molecule has 2 N–H and O–H groups in total. The van der Waals surface area contributed by atoms with Crippen molar-refractivity contribution in [2.45, 2.75) is 46.0 Å². The fourth-order valence-corrected chi connectivity index (χ4v) is 4.37. The predicted octanol–water partition coefficient (Wildman–Crippen LogP) is 6.78. The highest BCUT2D eigenvalue weighted by Crippen LogP contribution is 2.34. The van der Waals surface area contributed by atoms with Gasteiger partial charge in [-0.25, -0.2) is 4.79 Å². The van der Waals surface area contributed by atoms with Crippen molar-refractivity contribution in [3.63, 3.8) is 0 Å². The molecule has 0 atom stereocenters. The third-order valence-electron chi connectivity index (χ3n) is 6.61. The van der Waals surface area contributed by atoms with E-state index in [0.717, 1.165) is 17.7 Å². The fraction of sp³-hybridized carbons (Fsp3) is 0.267. The summed E-state index contributed by atoms with van der Waals surface area (Å²) < 4.78 is 52.7. The maximum absolute atomic E-state index is 13.2. The van der Waals surface area contributed by atoms with Gasteiger partial charge in [0.05, 0.1) is 5.56 Å². The second-order valence-corrected chi connectivity index (χ2v) is 10.0. The number of ether oxygens (including phenoxy) is 2. The minimum atomic E-state index is -4.47. The van der Waals surface area contributed by atoms with Crippen molar-refractivity contribution in [2.75, 3.05) is 0 Å². The number of alkyl halides is 3. The first kappa shape index (κ1) is 28.5. The summed E-state index contributed by atoms with van der Waals surface area (Å²) in [6, 6.07) is 15.6. The summed E-state index contributed by atoms with van der Waals surface area (Å²) in [6.45, 7) is 6.52. The molecule has 40 heavy (non-hydrogen) atoms. The Bertz CT molecular complexity index is 1610. The first-order chi connectivity index (χ1) is 18.7. The highest BCUT2D eigenvalue weighted by atomic mass is 19.4. The Balaban J connectivity index is 1.46. The van der Waals surface area contributed by atoms with Gasteiger partial charge < -0.3 is 24.5 Å². The maximum Gasteiger partial charge on any atom is 0.416 e. The number of aromatic nitrogens is 1. The Labute approximate surface area is 229 Å². The van der Waals surface area contributed by atoms with Crippen molar-refractivity contribution in [1.82, 2.24) is 9.88 Å². The zero-order chi connectivity index (χ0) is 29.4. The summed E-state index contributed by atoms with van der Waals surface area (Å²) in [5.74, 6) is -0.0296. The summed E-state index contributed by atoms with van der Waals surface area (Å²) in [5, 5.41) is 12.5. The number of carbonyl (C=O) groups is 2. The quantitative estimate of drug-likeness (QED) is 0.251. The summed E-state index contributed by atoms with van der Waals surface area (Å²) >= 11 is 0. The molecule has 0 spiro atoms. The number of hydrogen-bond donors (Lipinski definition) is 2. The molecule has 1 heterocycles. The van der Waals surface area contributed by atoms with Crippen LogP contribution in [-0.4, -0.2) is 27.2 Å². The van der Waals surface area contributed by atoms with Crippen LogP contribution in [0.25, 0.3) is 10.9 Å². The van der Waals surface area contributed by atoms with Crippen LogP contribution in [0, 0.1) is 13.8 Å². The largest absolute Gasteiger partial charge is 0.478 e. The molecule has 1 aromatic heterocycles. The van der Waals surface area contributed by atoms with Gasteiger partial charge in [0.25, 0.3) is 5.91 Å². The normalized spacial score (nSPS) is 11.9. The lowest BCUT2D eigenvalue weighted by molar-refractivity contribution is -0.152. The minimum absolute atomic E-state index is 0.168. The number of carboxylic acid groups (broad SMARTS) is 1. The van der Waals surface area contributed by atoms with Gasteiger partial charge in [-0.15, -0.1) is 0 Å². The smallest absolute Gasteiger partial charge is 0.416 e. The van der Waals surface area contributed by atoms with Crippen molar-refractivity contribution in [1.29, 1.82) is 0 Å². The summed E-state index contributed by atoms with van der Waals surface area (Å²) in [5.41, 5.74) is 0.578. The lowest BCUT2D eigenvalue weighted by atomic mass is 10.1. The number of aliphatic carboxylic acids is 1. The molecule has 0 bridgehead atoms. The Hall–Kier alpha value is -4.47. The second kappa shape index (κ2) is 10.6. The third-order valence-corrected chi connectivity index (χ3v) is 6.61. The standard InChI is InChI=1S/C30H29F3N2O5/c1-17-13-22(10-12-25(17)40-29(3,4)28(37)38)39-21-8-6-7-19(14-21)16-34-27(36)26-18(2)23-15-20(30(31,32)33)9-11-24(23)35(26)5/h6-15H,16H2,1-5H3,(H,34,36)(H,37,38). The molecule has 0 aliphatic carbocycles. The van der Waals surface area contributed by atoms with Gasteiger partial charge >= 0.3 is 12.1 Å². The zero-order valence-electron chi connectivity index (χ0n) is 22.6. The average Bonchev–Trinajstić information content (AvgIpc) is 3.13. The molecule has 0 radical (unpaired) electrons. The number of nitrogens with one attached hydrogen (secondary N) is 1. The van der Waals surface area contributed by atoms with Crippen molar-refractivity contribution in [3.05, 3.63) is 88.6 Å². The molecular weight excluding hydrogens is 525 g/mol. The van der Waals surface area contributed by atoms with E-state index in [2.05, 4.69) is 5.32 Å². The van der Waals surface area contributed by atoms with E-state index >= 15 is 0 Å². The number of hydrogen-bond acceptors (Lipinski definition) is 4. The molecule has 3 aromatic carbocycles. The molecule has 0 unspecified atom stereocenters. The van der Waals surface area contributed by atoms with Crippen LogP contribution in [0.3, 0.4) is 0 Å². The molecule has 0 aliphatic rings. The van der Waals surface area contributed by atoms with Crippen molar-refractivity contribution in [2.24, 2.45) is 7.05 Å². The van der Waals surface area contributed by atoms with Crippen LogP contribution in [0.5, 0.6) is 17.2 Å². The van der Waals surface area contributed by atoms with Gasteiger partial charge in [-0.05, 0) is 92.9 Å². The van der Waals surface area contributed by atoms with Gasteiger partial charge in [-0.2, -0.15) is 13.2 Å². The number of aryl methyl sites for hydroxylation is 3. The molecule has 7 nitrogen and oxygen atoms in total. The molecule has 0 saturated heterocycles. The van der Waals surface area contributed by atoms with Crippen LogP contribution in [0.15, 0.2) is 60.7 Å². The predicted molar refractivity (Wildman–Crippen MR) is 144 cm³/mol. The van der Waals surface area contributed by atoms with E-state index in [1.54, 1.807) is 61.9 Å². The number of benzene rings is 3. The van der Waals surface area contributed by atoms with Crippen LogP contribution < -0.4 is 14.8 Å². The number of nitrogens with zero attached hydrogens (tertiary/aromatic N) is 1. The topological polar surface area (TPSA) is 89.8 Å². The Kier molecular flexibility index (Phi) is 7.56. The first-order valence-corrected chi connectivity index (χ1v) is 12.4. The number of amides is 1. The lowest BCUT2D eigenvalue weighted by Gasteiger charge is -2.23. The molecule has 1 amide bonds. The van der Waals surface area contributed by atoms with E-state index in [4.69, 9.17) is 9.47 Å². The summed E-state index contributed by atoms with van der Waals surface area (Å²) in [4.78, 5) is 24.4. The average molecular weight is 555 g/mol. The van der Waals surface area contributed by atoms with Gasteiger partial charge in [-0.1, -0.05) is 12.1 Å². The zero-order valence-corrected chi connectivity index (χ0v) is 22.6. The maximum atomic E-state index is 13.2. The minimum Gasteiger partial charge on any atom is -0.478 e. The monoisotopic (exact) mass is 554 g/mol. The van der Waals surface area contributed by atoms with Gasteiger partial charge in [0.1, 0.15) is 22.9 Å². The third kappa shape index (κ3) is 5.90. The Morgan fingerprint density at radius 1 is 0.975 bits per heavy atom. The summed E-state index contributed by atoms with van der Waals surface area (Å²) in [6.07, 6.45) is -4.47. The van der Waals surface area contributed by atoms with Crippen molar-refractivity contribution < 1.29 is 37.3 Å². The van der Waals surface area contributed by atoms with E-state index in [0.29, 0.717) is 39.3 Å². The van der Waals surface area contributed by atoms with E-state index in [1.165, 1.54) is 19.9 Å². The van der Waals surface area contributed by atoms with Crippen molar-refractivity contribution >= 4 is 22.8 Å². The van der Waals surface area contributed by atoms with Crippen LogP contribution in [0.1, 0.15) is 46.6 Å². The summed E-state index contributed by atoms with van der Waals surface area (Å²) in [7, 11) is 1.65. The lowest BCUT2D eigenvalue weighted by Crippen LogP contribution is -2.38. The highest BCUT2D eigenvalue weighted by Gasteiger charge is 2.32. The number of carbonyl (C=O) groups excluding carboxylic acids is 1. The molecular formula is C30H29F3N2O5. The number of carboxylic acids is 1. The molecule has 4 rings (SSSR count). The number of rotatable bonds is 8. The van der Waals surface area contributed by atoms with Gasteiger partial charge in [0, 0.05) is 24.5 Å². The van der Waals surface area contributed by atoms with Gasteiger partial charge in [0.2, 0.25) is 0 Å². The molecule has 210 valence electrons. The van der Waals surface area contributed by atoms with E-state index in [1.807, 2.05) is 6.07 Å². The van der Waals surface area contributed by atoms with E-state index in [-0.39, 0.29) is 12.2 Å².